The number of para-hydroxylation sites is 1. The van der Waals surface area contributed by atoms with Gasteiger partial charge in [-0.05, 0) is 12.0 Å². The second kappa shape index (κ2) is 6.61. The zero-order valence-electron chi connectivity index (χ0n) is 12.1. The Morgan fingerprint density at radius 2 is 2.25 bits per heavy atom. The molecule has 2 amide bonds. The van der Waals surface area contributed by atoms with E-state index in [1.54, 1.807) is 4.90 Å². The first-order valence-corrected chi connectivity index (χ1v) is 7.09. The van der Waals surface area contributed by atoms with Crippen molar-refractivity contribution in [1.29, 1.82) is 0 Å². The van der Waals surface area contributed by atoms with Gasteiger partial charge >= 0.3 is 6.03 Å². The molecule has 1 aliphatic heterocycles. The molecule has 0 saturated carbocycles. The molecule has 2 rings (SSSR count). The van der Waals surface area contributed by atoms with Gasteiger partial charge in [-0.15, -0.1) is 0 Å². The Hall–Kier alpha value is -1.75. The fourth-order valence-corrected chi connectivity index (χ4v) is 2.36. The summed E-state index contributed by atoms with van der Waals surface area (Å²) >= 11 is 0. The van der Waals surface area contributed by atoms with Crippen LogP contribution in [0.15, 0.2) is 24.3 Å². The maximum absolute atomic E-state index is 12.3. The highest BCUT2D eigenvalue weighted by atomic mass is 16.5. The molecule has 0 aliphatic carbocycles. The molecule has 0 fully saturated rings. The summed E-state index contributed by atoms with van der Waals surface area (Å²) in [7, 11) is 0. The topological polar surface area (TPSA) is 67.6 Å². The monoisotopic (exact) mass is 277 g/mol. The molecule has 0 aromatic heterocycles. The smallest absolute Gasteiger partial charge is 0.318 e. The third-order valence-corrected chi connectivity index (χ3v) is 3.39. The number of hydrogen-bond donors (Lipinski definition) is 2. The molecule has 0 bridgehead atoms. The summed E-state index contributed by atoms with van der Waals surface area (Å²) < 4.78 is 5.71. The molecule has 3 N–H and O–H groups in total. The first-order valence-electron chi connectivity index (χ1n) is 7.09. The number of carbonyl (C=O) groups excluding carboxylic acids is 1. The Morgan fingerprint density at radius 1 is 1.50 bits per heavy atom. The largest absolute Gasteiger partial charge is 0.491 e. The minimum absolute atomic E-state index is 0.0746. The zero-order chi connectivity index (χ0) is 14.5. The second-order valence-corrected chi connectivity index (χ2v) is 5.41. The molecule has 5 nitrogen and oxygen atoms in total. The maximum atomic E-state index is 12.3. The molecule has 5 heteroatoms. The Kier molecular flexibility index (Phi) is 4.84. The average Bonchev–Trinajstić information content (AvgIpc) is 2.63. The van der Waals surface area contributed by atoms with Gasteiger partial charge in [0.2, 0.25) is 0 Å². The fraction of sp³-hybridized carbons (Fsp3) is 0.533. The van der Waals surface area contributed by atoms with Gasteiger partial charge in [-0.3, -0.25) is 0 Å². The molecule has 0 radical (unpaired) electrons. The predicted molar refractivity (Wildman–Crippen MR) is 78.7 cm³/mol. The zero-order valence-corrected chi connectivity index (χ0v) is 12.1. The summed E-state index contributed by atoms with van der Waals surface area (Å²) in [4.78, 5) is 14.1. The molecule has 1 aromatic rings. The number of nitrogens with zero attached hydrogens (tertiary/aromatic N) is 1. The van der Waals surface area contributed by atoms with Crippen LogP contribution in [0.3, 0.4) is 0 Å². The van der Waals surface area contributed by atoms with Gasteiger partial charge < -0.3 is 20.7 Å². The van der Waals surface area contributed by atoms with Crippen molar-refractivity contribution in [2.45, 2.75) is 19.9 Å². The summed E-state index contributed by atoms with van der Waals surface area (Å²) in [6.45, 7) is 6.22. The van der Waals surface area contributed by atoms with E-state index >= 15 is 0 Å². The Bertz CT molecular complexity index is 462. The van der Waals surface area contributed by atoms with Crippen LogP contribution >= 0.6 is 0 Å². The molecule has 1 unspecified atom stereocenters. The van der Waals surface area contributed by atoms with Crippen LogP contribution in [-0.2, 0) is 0 Å². The average molecular weight is 277 g/mol. The van der Waals surface area contributed by atoms with Crippen LogP contribution in [0.4, 0.5) is 4.79 Å². The van der Waals surface area contributed by atoms with Crippen molar-refractivity contribution >= 4 is 6.03 Å². The summed E-state index contributed by atoms with van der Waals surface area (Å²) in [5.41, 5.74) is 6.87. The highest BCUT2D eigenvalue weighted by Crippen LogP contribution is 2.31. The third kappa shape index (κ3) is 3.22. The van der Waals surface area contributed by atoms with E-state index in [0.29, 0.717) is 32.2 Å². The highest BCUT2D eigenvalue weighted by Gasteiger charge is 2.28. The molecule has 1 atom stereocenters. The lowest BCUT2D eigenvalue weighted by Crippen LogP contribution is -2.46. The lowest BCUT2D eigenvalue weighted by atomic mass is 10.0. The van der Waals surface area contributed by atoms with Crippen molar-refractivity contribution in [3.63, 3.8) is 0 Å². The molecule has 1 heterocycles. The van der Waals surface area contributed by atoms with Crippen molar-refractivity contribution in [2.24, 2.45) is 11.7 Å². The normalized spacial score (nSPS) is 18.2. The summed E-state index contributed by atoms with van der Waals surface area (Å²) in [6.07, 6.45) is 0. The fourth-order valence-electron chi connectivity index (χ4n) is 2.36. The van der Waals surface area contributed by atoms with Crippen molar-refractivity contribution in [3.05, 3.63) is 29.8 Å². The van der Waals surface area contributed by atoms with E-state index in [1.807, 2.05) is 24.3 Å². The Labute approximate surface area is 120 Å². The van der Waals surface area contributed by atoms with E-state index in [4.69, 9.17) is 10.5 Å². The van der Waals surface area contributed by atoms with Gasteiger partial charge in [0.05, 0.1) is 12.6 Å². The number of nitrogens with two attached hydrogens (primary N) is 1. The third-order valence-electron chi connectivity index (χ3n) is 3.39. The minimum atomic E-state index is -0.138. The molecule has 0 saturated heterocycles. The lowest BCUT2D eigenvalue weighted by molar-refractivity contribution is 0.169. The Balaban J connectivity index is 2.19. The number of benzene rings is 1. The van der Waals surface area contributed by atoms with E-state index in [-0.39, 0.29) is 12.1 Å². The number of urea groups is 1. The Morgan fingerprint density at radius 3 is 2.95 bits per heavy atom. The molecule has 1 aliphatic rings. The van der Waals surface area contributed by atoms with Gasteiger partial charge in [0, 0.05) is 18.7 Å². The number of rotatable bonds is 3. The van der Waals surface area contributed by atoms with E-state index in [0.717, 1.165) is 11.3 Å². The summed E-state index contributed by atoms with van der Waals surface area (Å²) in [5, 5.41) is 2.95. The first-order chi connectivity index (χ1) is 9.63. The van der Waals surface area contributed by atoms with E-state index in [1.165, 1.54) is 0 Å². The predicted octanol–water partition coefficient (Wildman–Crippen LogP) is 1.75. The van der Waals surface area contributed by atoms with Crippen LogP contribution in [0, 0.1) is 5.92 Å². The first kappa shape index (κ1) is 14.7. The van der Waals surface area contributed by atoms with Crippen LogP contribution in [0.25, 0.3) is 0 Å². The summed E-state index contributed by atoms with van der Waals surface area (Å²) in [6, 6.07) is 7.56. The second-order valence-electron chi connectivity index (χ2n) is 5.41. The number of carbonyl (C=O) groups is 1. The van der Waals surface area contributed by atoms with Crippen LogP contribution in [0.2, 0.25) is 0 Å². The van der Waals surface area contributed by atoms with Gasteiger partial charge in [0.15, 0.2) is 0 Å². The number of amides is 2. The maximum Gasteiger partial charge on any atom is 0.318 e. The van der Waals surface area contributed by atoms with E-state index in [9.17, 15) is 4.79 Å². The standard InChI is InChI=1S/C15H23N3O2/c1-11(2)10-17-15(19)18-7-8-20-14-6-4-3-5-12(14)13(18)9-16/h3-6,11,13H,7-10,16H2,1-2H3,(H,17,19). The SMILES string of the molecule is CC(C)CNC(=O)N1CCOc2ccccc2C1CN. The van der Waals surface area contributed by atoms with Crippen LogP contribution in [0.5, 0.6) is 5.75 Å². The number of fused-ring (bicyclic) bond motifs is 1. The molecular formula is C15H23N3O2. The van der Waals surface area contributed by atoms with Crippen LogP contribution in [0.1, 0.15) is 25.5 Å². The van der Waals surface area contributed by atoms with Gasteiger partial charge in [0.25, 0.3) is 0 Å². The van der Waals surface area contributed by atoms with E-state index in [2.05, 4.69) is 19.2 Å². The van der Waals surface area contributed by atoms with Crippen molar-refractivity contribution < 1.29 is 9.53 Å². The quantitative estimate of drug-likeness (QED) is 0.884. The van der Waals surface area contributed by atoms with E-state index < -0.39 is 0 Å². The summed E-state index contributed by atoms with van der Waals surface area (Å²) in [5.74, 6) is 1.24. The molecule has 0 spiro atoms. The van der Waals surface area contributed by atoms with Crippen molar-refractivity contribution in [3.8, 4) is 5.75 Å². The molecule has 20 heavy (non-hydrogen) atoms. The van der Waals surface area contributed by atoms with Crippen molar-refractivity contribution in [2.75, 3.05) is 26.2 Å². The minimum Gasteiger partial charge on any atom is -0.491 e. The van der Waals surface area contributed by atoms with Crippen molar-refractivity contribution in [1.82, 2.24) is 10.2 Å². The highest BCUT2D eigenvalue weighted by molar-refractivity contribution is 5.75. The van der Waals surface area contributed by atoms with Gasteiger partial charge in [-0.2, -0.15) is 0 Å². The molecule has 1 aromatic carbocycles. The molecule has 110 valence electrons. The number of ether oxygens (including phenoxy) is 1. The van der Waals surface area contributed by atoms with Crippen LogP contribution < -0.4 is 15.8 Å². The van der Waals surface area contributed by atoms with Gasteiger partial charge in [-0.25, -0.2) is 4.79 Å². The van der Waals surface area contributed by atoms with Gasteiger partial charge in [-0.1, -0.05) is 32.0 Å². The number of nitrogens with one attached hydrogen (secondary N) is 1. The van der Waals surface area contributed by atoms with Crippen LogP contribution in [-0.4, -0.2) is 37.2 Å². The number of hydrogen-bond acceptors (Lipinski definition) is 3. The van der Waals surface area contributed by atoms with Gasteiger partial charge in [0.1, 0.15) is 12.4 Å². The molecular weight excluding hydrogens is 254 g/mol. The lowest BCUT2D eigenvalue weighted by Gasteiger charge is -2.29.